The van der Waals surface area contributed by atoms with Gasteiger partial charge in [-0.1, -0.05) is 18.2 Å². The van der Waals surface area contributed by atoms with Gasteiger partial charge in [0.25, 0.3) is 5.91 Å². The summed E-state index contributed by atoms with van der Waals surface area (Å²) in [5.41, 5.74) is 2.35. The zero-order valence-electron chi connectivity index (χ0n) is 14.2. The molecule has 0 saturated heterocycles. The molecule has 1 aliphatic heterocycles. The molecule has 1 aliphatic rings. The number of nitrogens with zero attached hydrogens (tertiary/aromatic N) is 2. The number of aryl methyl sites for hydroxylation is 2. The SMILES string of the molecule is Cc1nc(C)c([C@H](C)N(C)C(=O)[C@H]2Cc3ccccc3C(=O)O2)s1. The van der Waals surface area contributed by atoms with Crippen molar-refractivity contribution in [3.8, 4) is 0 Å². The highest BCUT2D eigenvalue weighted by Crippen LogP contribution is 2.30. The number of ether oxygens (including phenoxy) is 1. The highest BCUT2D eigenvalue weighted by molar-refractivity contribution is 7.11. The number of thiazole rings is 1. The number of aromatic nitrogens is 1. The monoisotopic (exact) mass is 344 g/mol. The molecule has 5 nitrogen and oxygen atoms in total. The van der Waals surface area contributed by atoms with Crippen molar-refractivity contribution in [3.05, 3.63) is 51.0 Å². The Morgan fingerprint density at radius 3 is 2.75 bits per heavy atom. The molecular weight excluding hydrogens is 324 g/mol. The number of amides is 1. The molecule has 0 unspecified atom stereocenters. The van der Waals surface area contributed by atoms with E-state index in [0.29, 0.717) is 12.0 Å². The molecule has 126 valence electrons. The average molecular weight is 344 g/mol. The zero-order chi connectivity index (χ0) is 17.4. The van der Waals surface area contributed by atoms with E-state index in [2.05, 4.69) is 4.98 Å². The minimum atomic E-state index is -0.769. The van der Waals surface area contributed by atoms with Crippen molar-refractivity contribution in [2.24, 2.45) is 0 Å². The summed E-state index contributed by atoms with van der Waals surface area (Å²) in [4.78, 5) is 32.1. The van der Waals surface area contributed by atoms with Gasteiger partial charge < -0.3 is 9.64 Å². The van der Waals surface area contributed by atoms with E-state index in [1.807, 2.05) is 32.9 Å². The van der Waals surface area contributed by atoms with E-state index in [9.17, 15) is 9.59 Å². The first-order valence-corrected chi connectivity index (χ1v) is 8.69. The summed E-state index contributed by atoms with van der Waals surface area (Å²) in [7, 11) is 1.75. The third kappa shape index (κ3) is 2.94. The first-order valence-electron chi connectivity index (χ1n) is 7.88. The number of likely N-dealkylation sites (N-methyl/N-ethyl adjacent to an activating group) is 1. The van der Waals surface area contributed by atoms with Crippen LogP contribution in [0.3, 0.4) is 0 Å². The van der Waals surface area contributed by atoms with Gasteiger partial charge in [0, 0.05) is 18.3 Å². The van der Waals surface area contributed by atoms with Crippen LogP contribution in [0.2, 0.25) is 0 Å². The largest absolute Gasteiger partial charge is 0.448 e. The maximum atomic E-state index is 12.8. The minimum absolute atomic E-state index is 0.112. The lowest BCUT2D eigenvalue weighted by atomic mass is 9.98. The number of rotatable bonds is 3. The van der Waals surface area contributed by atoms with E-state index in [-0.39, 0.29) is 11.9 Å². The molecule has 2 heterocycles. The van der Waals surface area contributed by atoms with Crippen LogP contribution in [0, 0.1) is 13.8 Å². The van der Waals surface area contributed by atoms with E-state index in [4.69, 9.17) is 4.74 Å². The molecule has 0 fully saturated rings. The minimum Gasteiger partial charge on any atom is -0.448 e. The highest BCUT2D eigenvalue weighted by Gasteiger charge is 2.34. The van der Waals surface area contributed by atoms with Crippen molar-refractivity contribution in [2.45, 2.75) is 39.3 Å². The summed E-state index contributed by atoms with van der Waals surface area (Å²) in [6, 6.07) is 7.16. The van der Waals surface area contributed by atoms with Crippen LogP contribution < -0.4 is 0 Å². The summed E-state index contributed by atoms with van der Waals surface area (Å²) in [5, 5.41) is 0.980. The molecule has 0 aliphatic carbocycles. The Bertz CT molecular complexity index is 799. The second kappa shape index (κ2) is 6.36. The normalized spacial score (nSPS) is 17.8. The molecule has 0 saturated carbocycles. The van der Waals surface area contributed by atoms with Crippen LogP contribution in [0.1, 0.15) is 44.5 Å². The second-order valence-electron chi connectivity index (χ2n) is 6.06. The molecule has 1 aromatic heterocycles. The maximum absolute atomic E-state index is 12.8. The summed E-state index contributed by atoms with van der Waals surface area (Å²) < 4.78 is 5.37. The first kappa shape index (κ1) is 16.6. The Morgan fingerprint density at radius 1 is 1.38 bits per heavy atom. The van der Waals surface area contributed by atoms with Gasteiger partial charge in [-0.25, -0.2) is 9.78 Å². The third-order valence-electron chi connectivity index (χ3n) is 4.41. The van der Waals surface area contributed by atoms with Gasteiger partial charge >= 0.3 is 5.97 Å². The maximum Gasteiger partial charge on any atom is 0.339 e. The Kier molecular flexibility index (Phi) is 4.41. The quantitative estimate of drug-likeness (QED) is 0.803. The van der Waals surface area contributed by atoms with E-state index >= 15 is 0 Å². The predicted molar refractivity (Wildman–Crippen MR) is 92.1 cm³/mol. The van der Waals surface area contributed by atoms with Crippen molar-refractivity contribution in [1.82, 2.24) is 9.88 Å². The smallest absolute Gasteiger partial charge is 0.339 e. The fourth-order valence-corrected chi connectivity index (χ4v) is 4.02. The van der Waals surface area contributed by atoms with Crippen molar-refractivity contribution < 1.29 is 14.3 Å². The Morgan fingerprint density at radius 2 is 2.08 bits per heavy atom. The number of hydrogen-bond donors (Lipinski definition) is 0. The molecule has 1 aromatic carbocycles. The summed E-state index contributed by atoms with van der Waals surface area (Å²) >= 11 is 1.59. The topological polar surface area (TPSA) is 59.5 Å². The molecule has 2 aromatic rings. The predicted octanol–water partition coefficient (Wildman–Crippen LogP) is 3.06. The Hall–Kier alpha value is -2.21. The Balaban J connectivity index is 1.79. The van der Waals surface area contributed by atoms with Crippen molar-refractivity contribution in [2.75, 3.05) is 7.05 Å². The molecule has 2 atom stereocenters. The van der Waals surface area contributed by atoms with Crippen LogP contribution in [0.4, 0.5) is 0 Å². The highest BCUT2D eigenvalue weighted by atomic mass is 32.1. The van der Waals surface area contributed by atoms with Gasteiger partial charge in [-0.05, 0) is 32.4 Å². The number of hydrogen-bond acceptors (Lipinski definition) is 5. The number of carbonyl (C=O) groups is 2. The second-order valence-corrected chi connectivity index (χ2v) is 7.30. The molecule has 0 bridgehead atoms. The fourth-order valence-electron chi connectivity index (χ4n) is 3.00. The van der Waals surface area contributed by atoms with Crippen molar-refractivity contribution >= 4 is 23.2 Å². The zero-order valence-corrected chi connectivity index (χ0v) is 15.0. The Labute approximate surface area is 145 Å². The van der Waals surface area contributed by atoms with Crippen LogP contribution >= 0.6 is 11.3 Å². The van der Waals surface area contributed by atoms with Crippen molar-refractivity contribution in [3.63, 3.8) is 0 Å². The number of cyclic esters (lactones) is 1. The molecule has 24 heavy (non-hydrogen) atoms. The molecule has 1 amide bonds. The standard InChI is InChI=1S/C18H20N2O3S/c1-10-16(24-12(3)19-10)11(2)20(4)17(21)15-9-13-7-5-6-8-14(13)18(22)23-15/h5-8,11,15H,9H2,1-4H3/t11-,15+/m0/s1. The molecule has 0 spiro atoms. The lowest BCUT2D eigenvalue weighted by Crippen LogP contribution is -2.43. The van der Waals surface area contributed by atoms with E-state index in [1.165, 1.54) is 0 Å². The average Bonchev–Trinajstić information content (AvgIpc) is 2.91. The summed E-state index contributed by atoms with van der Waals surface area (Å²) in [6.45, 7) is 5.87. The van der Waals surface area contributed by atoms with Gasteiger partial charge in [0.15, 0.2) is 6.10 Å². The molecule has 0 radical (unpaired) electrons. The van der Waals surface area contributed by atoms with Gasteiger partial charge in [-0.3, -0.25) is 4.79 Å². The van der Waals surface area contributed by atoms with Gasteiger partial charge in [0.05, 0.1) is 22.3 Å². The lowest BCUT2D eigenvalue weighted by Gasteiger charge is -2.30. The van der Waals surface area contributed by atoms with Crippen LogP contribution in [-0.4, -0.2) is 34.9 Å². The molecule has 0 N–H and O–H groups in total. The third-order valence-corrected chi connectivity index (χ3v) is 5.66. The summed E-state index contributed by atoms with van der Waals surface area (Å²) in [5.74, 6) is -0.614. The van der Waals surface area contributed by atoms with Crippen LogP contribution in [0.5, 0.6) is 0 Å². The van der Waals surface area contributed by atoms with Gasteiger partial charge in [-0.2, -0.15) is 0 Å². The van der Waals surface area contributed by atoms with Crippen molar-refractivity contribution in [1.29, 1.82) is 0 Å². The molecule has 3 rings (SSSR count). The van der Waals surface area contributed by atoms with Gasteiger partial charge in [-0.15, -0.1) is 11.3 Å². The van der Waals surface area contributed by atoms with E-state index in [1.54, 1.807) is 35.4 Å². The lowest BCUT2D eigenvalue weighted by molar-refractivity contribution is -0.141. The van der Waals surface area contributed by atoms with Crippen LogP contribution in [0.15, 0.2) is 24.3 Å². The molecular formula is C18H20N2O3S. The van der Waals surface area contributed by atoms with Gasteiger partial charge in [0.2, 0.25) is 0 Å². The summed E-state index contributed by atoms with van der Waals surface area (Å²) in [6.07, 6.45) is -0.354. The number of carbonyl (C=O) groups excluding carboxylic acids is 2. The van der Waals surface area contributed by atoms with Gasteiger partial charge in [0.1, 0.15) is 0 Å². The van der Waals surface area contributed by atoms with E-state index in [0.717, 1.165) is 21.1 Å². The number of esters is 1. The molecule has 6 heteroatoms. The number of benzene rings is 1. The van der Waals surface area contributed by atoms with Crippen LogP contribution in [0.25, 0.3) is 0 Å². The van der Waals surface area contributed by atoms with Crippen LogP contribution in [-0.2, 0) is 16.0 Å². The fraction of sp³-hybridized carbons (Fsp3) is 0.389. The first-order chi connectivity index (χ1) is 11.4. The van der Waals surface area contributed by atoms with E-state index < -0.39 is 12.1 Å². The number of fused-ring (bicyclic) bond motifs is 1.